The van der Waals surface area contributed by atoms with Crippen molar-refractivity contribution in [3.05, 3.63) is 0 Å². The summed E-state index contributed by atoms with van der Waals surface area (Å²) in [6.07, 6.45) is 6.27. The molecule has 16 heavy (non-hydrogen) atoms. The van der Waals surface area contributed by atoms with Gasteiger partial charge in [-0.05, 0) is 32.1 Å². The van der Waals surface area contributed by atoms with Crippen LogP contribution in [0.1, 0.15) is 45.4 Å². The van der Waals surface area contributed by atoms with Crippen LogP contribution in [0.2, 0.25) is 0 Å². The summed E-state index contributed by atoms with van der Waals surface area (Å²) in [6, 6.07) is 0.458. The van der Waals surface area contributed by atoms with E-state index in [2.05, 4.69) is 12.2 Å². The molecule has 0 unspecified atom stereocenters. The number of urea groups is 1. The van der Waals surface area contributed by atoms with E-state index in [9.17, 15) is 4.79 Å². The maximum absolute atomic E-state index is 11.9. The van der Waals surface area contributed by atoms with Crippen molar-refractivity contribution in [2.24, 2.45) is 0 Å². The first-order chi connectivity index (χ1) is 7.79. The van der Waals surface area contributed by atoms with Crippen LogP contribution in [0.5, 0.6) is 0 Å². The minimum atomic E-state index is 0.0478. The molecule has 0 saturated heterocycles. The Labute approximate surface area is 98.0 Å². The van der Waals surface area contributed by atoms with Crippen LogP contribution in [-0.4, -0.2) is 41.8 Å². The molecular weight excluding hydrogens is 204 g/mol. The Morgan fingerprint density at radius 1 is 1.44 bits per heavy atom. The standard InChI is InChI=1S/C12H24N2O2/c1-2-3-8-13-12(16)14(9-5-10-15)11-6-4-7-11/h11,15H,2-10H2,1H3,(H,13,16). The van der Waals surface area contributed by atoms with Crippen molar-refractivity contribution < 1.29 is 9.90 Å². The molecule has 0 aromatic heterocycles. The first-order valence-corrected chi connectivity index (χ1v) is 6.45. The van der Waals surface area contributed by atoms with Crippen LogP contribution in [0.25, 0.3) is 0 Å². The Morgan fingerprint density at radius 3 is 2.69 bits per heavy atom. The molecule has 0 radical (unpaired) electrons. The second-order valence-corrected chi connectivity index (χ2v) is 4.44. The average Bonchev–Trinajstić information content (AvgIpc) is 2.21. The second kappa shape index (κ2) is 7.49. The predicted octanol–water partition coefficient (Wildman–Crippen LogP) is 1.73. The molecule has 1 aliphatic carbocycles. The summed E-state index contributed by atoms with van der Waals surface area (Å²) in [5.41, 5.74) is 0. The fraction of sp³-hybridized carbons (Fsp3) is 0.917. The maximum Gasteiger partial charge on any atom is 0.317 e. The van der Waals surface area contributed by atoms with Gasteiger partial charge in [-0.15, -0.1) is 0 Å². The van der Waals surface area contributed by atoms with Crippen LogP contribution < -0.4 is 5.32 Å². The van der Waals surface area contributed by atoms with E-state index in [-0.39, 0.29) is 12.6 Å². The molecule has 4 heteroatoms. The van der Waals surface area contributed by atoms with E-state index in [0.29, 0.717) is 19.0 Å². The largest absolute Gasteiger partial charge is 0.396 e. The number of nitrogens with zero attached hydrogens (tertiary/aromatic N) is 1. The molecule has 0 bridgehead atoms. The summed E-state index contributed by atoms with van der Waals surface area (Å²) in [5.74, 6) is 0. The number of rotatable bonds is 7. The number of nitrogens with one attached hydrogen (secondary N) is 1. The van der Waals surface area contributed by atoms with Gasteiger partial charge in [-0.1, -0.05) is 13.3 Å². The van der Waals surface area contributed by atoms with E-state index < -0.39 is 0 Å². The summed E-state index contributed by atoms with van der Waals surface area (Å²) in [7, 11) is 0. The van der Waals surface area contributed by atoms with E-state index in [4.69, 9.17) is 5.11 Å². The van der Waals surface area contributed by atoms with Crippen molar-refractivity contribution in [2.75, 3.05) is 19.7 Å². The highest BCUT2D eigenvalue weighted by Gasteiger charge is 2.27. The monoisotopic (exact) mass is 228 g/mol. The Balaban J connectivity index is 2.31. The third-order valence-corrected chi connectivity index (χ3v) is 3.14. The minimum Gasteiger partial charge on any atom is -0.396 e. The minimum absolute atomic E-state index is 0.0478. The highest BCUT2D eigenvalue weighted by molar-refractivity contribution is 5.74. The topological polar surface area (TPSA) is 52.6 Å². The molecule has 0 atom stereocenters. The van der Waals surface area contributed by atoms with Crippen LogP contribution in [0.15, 0.2) is 0 Å². The number of carbonyl (C=O) groups is 1. The molecule has 1 rings (SSSR count). The molecule has 1 aliphatic rings. The Bertz CT molecular complexity index is 205. The van der Waals surface area contributed by atoms with Gasteiger partial charge in [-0.3, -0.25) is 0 Å². The van der Waals surface area contributed by atoms with Gasteiger partial charge >= 0.3 is 6.03 Å². The zero-order valence-corrected chi connectivity index (χ0v) is 10.2. The van der Waals surface area contributed by atoms with Crippen molar-refractivity contribution >= 4 is 6.03 Å². The lowest BCUT2D eigenvalue weighted by atomic mass is 9.91. The number of carbonyl (C=O) groups excluding carboxylic acids is 1. The van der Waals surface area contributed by atoms with Gasteiger partial charge in [0.05, 0.1) is 0 Å². The highest BCUT2D eigenvalue weighted by atomic mass is 16.3. The van der Waals surface area contributed by atoms with Crippen molar-refractivity contribution in [1.82, 2.24) is 10.2 Å². The van der Waals surface area contributed by atoms with Gasteiger partial charge in [0.25, 0.3) is 0 Å². The first-order valence-electron chi connectivity index (χ1n) is 6.45. The summed E-state index contributed by atoms with van der Waals surface area (Å²) >= 11 is 0. The Morgan fingerprint density at radius 2 is 2.19 bits per heavy atom. The number of hydrogen-bond acceptors (Lipinski definition) is 2. The molecule has 4 nitrogen and oxygen atoms in total. The molecule has 0 spiro atoms. The number of unbranched alkanes of at least 4 members (excludes halogenated alkanes) is 1. The van der Waals surface area contributed by atoms with Crippen LogP contribution in [0.4, 0.5) is 4.79 Å². The molecule has 1 saturated carbocycles. The number of aliphatic hydroxyl groups excluding tert-OH is 1. The normalized spacial score (nSPS) is 15.6. The van der Waals surface area contributed by atoms with Crippen LogP contribution >= 0.6 is 0 Å². The highest BCUT2D eigenvalue weighted by Crippen LogP contribution is 2.24. The van der Waals surface area contributed by atoms with Crippen molar-refractivity contribution in [2.45, 2.75) is 51.5 Å². The second-order valence-electron chi connectivity index (χ2n) is 4.44. The average molecular weight is 228 g/mol. The molecule has 2 N–H and O–H groups in total. The van der Waals surface area contributed by atoms with Gasteiger partial charge in [0.15, 0.2) is 0 Å². The number of hydrogen-bond donors (Lipinski definition) is 2. The number of aliphatic hydroxyl groups is 1. The quantitative estimate of drug-likeness (QED) is 0.652. The molecule has 0 aliphatic heterocycles. The fourth-order valence-corrected chi connectivity index (χ4v) is 1.86. The molecule has 0 aromatic rings. The van der Waals surface area contributed by atoms with E-state index in [1.54, 1.807) is 0 Å². The molecule has 1 fully saturated rings. The molecular formula is C12H24N2O2. The zero-order chi connectivity index (χ0) is 11.8. The van der Waals surface area contributed by atoms with Crippen LogP contribution in [0, 0.1) is 0 Å². The number of amides is 2. The summed E-state index contributed by atoms with van der Waals surface area (Å²) in [5, 5.41) is 11.8. The molecule has 94 valence electrons. The lowest BCUT2D eigenvalue weighted by Gasteiger charge is -2.37. The summed E-state index contributed by atoms with van der Waals surface area (Å²) < 4.78 is 0. The van der Waals surface area contributed by atoms with Gasteiger partial charge in [0, 0.05) is 25.7 Å². The zero-order valence-electron chi connectivity index (χ0n) is 10.2. The predicted molar refractivity (Wildman–Crippen MR) is 64.4 cm³/mol. The van der Waals surface area contributed by atoms with Crippen LogP contribution in [0.3, 0.4) is 0 Å². The lowest BCUT2D eigenvalue weighted by Crippen LogP contribution is -2.49. The van der Waals surface area contributed by atoms with Crippen molar-refractivity contribution in [3.63, 3.8) is 0 Å². The van der Waals surface area contributed by atoms with E-state index in [0.717, 1.165) is 32.2 Å². The Kier molecular flexibility index (Phi) is 6.23. The van der Waals surface area contributed by atoms with Gasteiger partial charge in [0.1, 0.15) is 0 Å². The van der Waals surface area contributed by atoms with Gasteiger partial charge in [0.2, 0.25) is 0 Å². The van der Waals surface area contributed by atoms with E-state index >= 15 is 0 Å². The van der Waals surface area contributed by atoms with Crippen LogP contribution in [-0.2, 0) is 0 Å². The van der Waals surface area contributed by atoms with E-state index in [1.165, 1.54) is 6.42 Å². The van der Waals surface area contributed by atoms with Gasteiger partial charge in [-0.25, -0.2) is 4.79 Å². The fourth-order valence-electron chi connectivity index (χ4n) is 1.86. The maximum atomic E-state index is 11.9. The van der Waals surface area contributed by atoms with Gasteiger partial charge in [-0.2, -0.15) is 0 Å². The first kappa shape index (κ1) is 13.3. The third kappa shape index (κ3) is 4.00. The molecule has 0 heterocycles. The third-order valence-electron chi connectivity index (χ3n) is 3.14. The van der Waals surface area contributed by atoms with Crippen molar-refractivity contribution in [3.8, 4) is 0 Å². The lowest BCUT2D eigenvalue weighted by molar-refractivity contribution is 0.130. The Hall–Kier alpha value is -0.770. The smallest absolute Gasteiger partial charge is 0.317 e. The van der Waals surface area contributed by atoms with Crippen molar-refractivity contribution in [1.29, 1.82) is 0 Å². The van der Waals surface area contributed by atoms with Gasteiger partial charge < -0.3 is 15.3 Å². The molecule has 2 amide bonds. The summed E-state index contributed by atoms with van der Waals surface area (Å²) in [6.45, 7) is 3.71. The van der Waals surface area contributed by atoms with E-state index in [1.807, 2.05) is 4.90 Å². The molecule has 0 aromatic carbocycles. The summed E-state index contributed by atoms with van der Waals surface area (Å²) in [4.78, 5) is 13.8. The SMILES string of the molecule is CCCCNC(=O)N(CCCO)C1CCC1.